The Morgan fingerprint density at radius 3 is 2.31 bits per heavy atom. The highest BCUT2D eigenvalue weighted by Crippen LogP contribution is 2.06. The summed E-state index contributed by atoms with van der Waals surface area (Å²) < 4.78 is 0. The second-order valence-electron chi connectivity index (χ2n) is 5.72. The molecule has 1 aromatic carbocycles. The summed E-state index contributed by atoms with van der Waals surface area (Å²) in [7, 11) is 0. The number of carbonyl (C=O) groups is 3. The molecule has 0 bridgehead atoms. The van der Waals surface area contributed by atoms with Crippen LogP contribution in [0.1, 0.15) is 12.0 Å². The minimum atomic E-state index is -1.13. The molecular weight excluding hydrogens is 374 g/mol. The molecule has 0 saturated carbocycles. The van der Waals surface area contributed by atoms with E-state index in [0.29, 0.717) is 12.2 Å². The van der Waals surface area contributed by atoms with Gasteiger partial charge in [-0.05, 0) is 24.0 Å². The molecule has 2 amide bonds. The SMILES string of the molecule is CSCC[C@H](NC(=O)[C@@H](N)CS)C(=O)N[C@@H](Cc1ccccc1)C(=O)O. The van der Waals surface area contributed by atoms with Crippen LogP contribution >= 0.6 is 24.4 Å². The van der Waals surface area contributed by atoms with E-state index in [9.17, 15) is 19.5 Å². The molecule has 1 aromatic rings. The summed E-state index contributed by atoms with van der Waals surface area (Å²) in [6.45, 7) is 0. The zero-order valence-corrected chi connectivity index (χ0v) is 16.3. The van der Waals surface area contributed by atoms with Crippen molar-refractivity contribution in [3.8, 4) is 0 Å². The van der Waals surface area contributed by atoms with Crippen LogP contribution in [-0.2, 0) is 20.8 Å². The topological polar surface area (TPSA) is 122 Å². The van der Waals surface area contributed by atoms with Gasteiger partial charge < -0.3 is 21.5 Å². The van der Waals surface area contributed by atoms with Crippen molar-refractivity contribution in [3.63, 3.8) is 0 Å². The molecule has 0 aliphatic carbocycles. The number of thiol groups is 1. The van der Waals surface area contributed by atoms with Crippen molar-refractivity contribution in [2.24, 2.45) is 5.73 Å². The first-order valence-electron chi connectivity index (χ1n) is 8.11. The number of amides is 2. The van der Waals surface area contributed by atoms with E-state index < -0.39 is 35.9 Å². The van der Waals surface area contributed by atoms with Crippen molar-refractivity contribution in [2.45, 2.75) is 31.0 Å². The summed E-state index contributed by atoms with van der Waals surface area (Å²) in [5, 5.41) is 14.5. The van der Waals surface area contributed by atoms with Gasteiger partial charge in [-0.15, -0.1) is 0 Å². The van der Waals surface area contributed by atoms with E-state index in [2.05, 4.69) is 23.3 Å². The van der Waals surface area contributed by atoms with Gasteiger partial charge in [-0.25, -0.2) is 4.79 Å². The standard InChI is InChI=1S/C17H25N3O4S2/c1-26-8-7-13(19-15(21)12(18)10-25)16(22)20-14(17(23)24)9-11-5-3-2-4-6-11/h2-6,12-14,25H,7-10,18H2,1H3,(H,19,21)(H,20,22)(H,23,24)/t12-,13-,14-/m0/s1. The molecule has 0 aliphatic heterocycles. The lowest BCUT2D eigenvalue weighted by Crippen LogP contribution is -2.55. The van der Waals surface area contributed by atoms with Gasteiger partial charge in [-0.3, -0.25) is 9.59 Å². The van der Waals surface area contributed by atoms with Gasteiger partial charge >= 0.3 is 5.97 Å². The molecule has 0 spiro atoms. The lowest BCUT2D eigenvalue weighted by Gasteiger charge is -2.22. The smallest absolute Gasteiger partial charge is 0.326 e. The maximum atomic E-state index is 12.5. The summed E-state index contributed by atoms with van der Waals surface area (Å²) in [6.07, 6.45) is 2.41. The molecule has 1 rings (SSSR count). The number of hydrogen-bond acceptors (Lipinski definition) is 6. The third kappa shape index (κ3) is 7.67. The van der Waals surface area contributed by atoms with Gasteiger partial charge in [0.05, 0.1) is 6.04 Å². The fourth-order valence-corrected chi connectivity index (χ4v) is 2.83. The van der Waals surface area contributed by atoms with Crippen LogP contribution in [0.4, 0.5) is 0 Å². The van der Waals surface area contributed by atoms with E-state index >= 15 is 0 Å². The number of carbonyl (C=O) groups excluding carboxylic acids is 2. The molecule has 7 nitrogen and oxygen atoms in total. The molecular formula is C17H25N3O4S2. The van der Waals surface area contributed by atoms with Crippen LogP contribution in [0.15, 0.2) is 30.3 Å². The van der Waals surface area contributed by atoms with Crippen molar-refractivity contribution >= 4 is 42.2 Å². The second kappa shape index (κ2) is 11.8. The number of thioether (sulfide) groups is 1. The Labute approximate surface area is 162 Å². The molecule has 5 N–H and O–H groups in total. The highest BCUT2D eigenvalue weighted by Gasteiger charge is 2.27. The van der Waals surface area contributed by atoms with Gasteiger partial charge in [0.25, 0.3) is 0 Å². The van der Waals surface area contributed by atoms with Crippen LogP contribution in [0.3, 0.4) is 0 Å². The molecule has 3 atom stereocenters. The molecule has 9 heteroatoms. The van der Waals surface area contributed by atoms with Crippen molar-refractivity contribution in [1.29, 1.82) is 0 Å². The zero-order chi connectivity index (χ0) is 19.5. The van der Waals surface area contributed by atoms with Crippen molar-refractivity contribution in [1.82, 2.24) is 10.6 Å². The van der Waals surface area contributed by atoms with Crippen LogP contribution in [0.2, 0.25) is 0 Å². The van der Waals surface area contributed by atoms with Gasteiger partial charge in [0, 0.05) is 12.2 Å². The van der Waals surface area contributed by atoms with Crippen LogP contribution in [0.5, 0.6) is 0 Å². The summed E-state index contributed by atoms with van der Waals surface area (Å²) in [5.41, 5.74) is 6.42. The third-order valence-corrected chi connectivity index (χ3v) is 4.71. The normalized spacial score (nSPS) is 14.1. The van der Waals surface area contributed by atoms with Gasteiger partial charge in [0.1, 0.15) is 12.1 Å². The number of hydrogen-bond donors (Lipinski definition) is 5. The molecule has 0 heterocycles. The lowest BCUT2D eigenvalue weighted by molar-refractivity contribution is -0.142. The van der Waals surface area contributed by atoms with Gasteiger partial charge in [-0.1, -0.05) is 30.3 Å². The first-order valence-corrected chi connectivity index (χ1v) is 10.1. The first kappa shape index (κ1) is 22.3. The molecule has 0 unspecified atom stereocenters. The number of carboxylic acids is 1. The first-order chi connectivity index (χ1) is 12.4. The fraction of sp³-hybridized carbons (Fsp3) is 0.471. The number of nitrogens with two attached hydrogens (primary N) is 1. The Hall–Kier alpha value is -1.71. The maximum Gasteiger partial charge on any atom is 0.326 e. The average Bonchev–Trinajstić information content (AvgIpc) is 2.64. The number of carboxylic acid groups (broad SMARTS) is 1. The van der Waals surface area contributed by atoms with Crippen molar-refractivity contribution < 1.29 is 19.5 Å². The summed E-state index contributed by atoms with van der Waals surface area (Å²) in [6, 6.07) is 6.25. The third-order valence-electron chi connectivity index (χ3n) is 3.67. The largest absolute Gasteiger partial charge is 0.480 e. The average molecular weight is 400 g/mol. The van der Waals surface area contributed by atoms with Crippen LogP contribution in [-0.4, -0.2) is 58.8 Å². The highest BCUT2D eigenvalue weighted by atomic mass is 32.2. The predicted octanol–water partition coefficient (Wildman–Crippen LogP) is 0.294. The van der Waals surface area contributed by atoms with E-state index in [0.717, 1.165) is 5.56 Å². The van der Waals surface area contributed by atoms with Crippen molar-refractivity contribution in [3.05, 3.63) is 35.9 Å². The molecule has 144 valence electrons. The van der Waals surface area contributed by atoms with Gasteiger partial charge in [0.15, 0.2) is 0 Å². The van der Waals surface area contributed by atoms with Gasteiger partial charge in [-0.2, -0.15) is 24.4 Å². The number of aliphatic carboxylic acids is 1. The quantitative estimate of drug-likeness (QED) is 0.341. The van der Waals surface area contributed by atoms with Crippen LogP contribution < -0.4 is 16.4 Å². The monoisotopic (exact) mass is 399 g/mol. The van der Waals surface area contributed by atoms with E-state index in [4.69, 9.17) is 5.73 Å². The number of rotatable bonds is 11. The highest BCUT2D eigenvalue weighted by molar-refractivity contribution is 7.98. The molecule has 0 radical (unpaired) electrons. The summed E-state index contributed by atoms with van der Waals surface area (Å²) in [5.74, 6) is -1.39. The maximum absolute atomic E-state index is 12.5. The summed E-state index contributed by atoms with van der Waals surface area (Å²) in [4.78, 5) is 36.0. The Bertz CT molecular complexity index is 601. The van der Waals surface area contributed by atoms with E-state index in [1.54, 1.807) is 24.3 Å². The van der Waals surface area contributed by atoms with Crippen LogP contribution in [0.25, 0.3) is 0 Å². The molecule has 0 aliphatic rings. The number of benzene rings is 1. The van der Waals surface area contributed by atoms with E-state index in [1.165, 1.54) is 11.8 Å². The minimum Gasteiger partial charge on any atom is -0.480 e. The van der Waals surface area contributed by atoms with Gasteiger partial charge in [0.2, 0.25) is 11.8 Å². The predicted molar refractivity (Wildman–Crippen MR) is 106 cm³/mol. The van der Waals surface area contributed by atoms with Crippen molar-refractivity contribution in [2.75, 3.05) is 17.8 Å². The molecule has 0 saturated heterocycles. The Morgan fingerprint density at radius 2 is 1.77 bits per heavy atom. The lowest BCUT2D eigenvalue weighted by atomic mass is 10.1. The van der Waals surface area contributed by atoms with E-state index in [-0.39, 0.29) is 12.2 Å². The second-order valence-corrected chi connectivity index (χ2v) is 7.07. The van der Waals surface area contributed by atoms with E-state index in [1.807, 2.05) is 12.3 Å². The van der Waals surface area contributed by atoms with Crippen LogP contribution in [0, 0.1) is 0 Å². The molecule has 0 fully saturated rings. The molecule has 0 aromatic heterocycles. The Balaban J connectivity index is 2.79. The Morgan fingerprint density at radius 1 is 1.15 bits per heavy atom. The Kier molecular flexibility index (Phi) is 10.2. The zero-order valence-electron chi connectivity index (χ0n) is 14.6. The number of nitrogens with one attached hydrogen (secondary N) is 2. The fourth-order valence-electron chi connectivity index (χ4n) is 2.19. The summed E-state index contributed by atoms with van der Waals surface area (Å²) >= 11 is 5.49. The minimum absolute atomic E-state index is 0.147. The molecule has 26 heavy (non-hydrogen) atoms.